The number of rotatable bonds is 4. The quantitative estimate of drug-likeness (QED) is 0.401. The molecule has 0 atom stereocenters. The molecular formula is C14H42O4. The van der Waals surface area contributed by atoms with Gasteiger partial charge in [-0.2, -0.15) is 0 Å². The lowest BCUT2D eigenvalue weighted by Crippen LogP contribution is -2.10. The maximum atomic E-state index is 10.5. The first-order chi connectivity index (χ1) is 4.66. The number of ketones is 1. The summed E-state index contributed by atoms with van der Waals surface area (Å²) in [6, 6.07) is 0. The van der Waals surface area contributed by atoms with Crippen LogP contribution in [0.3, 0.4) is 0 Å². The van der Waals surface area contributed by atoms with Gasteiger partial charge in [0, 0.05) is 7.11 Å². The van der Waals surface area contributed by atoms with Crippen molar-refractivity contribution in [1.29, 1.82) is 0 Å². The third kappa shape index (κ3) is 59.6. The summed E-state index contributed by atoms with van der Waals surface area (Å²) in [5.41, 5.74) is 0. The van der Waals surface area contributed by atoms with E-state index in [0.29, 0.717) is 0 Å². The molecule has 0 saturated heterocycles. The number of carbonyl (C=O) groups excluding carboxylic acids is 2. The fraction of sp³-hybridized carbons (Fsp3) is 0.857. The summed E-state index contributed by atoms with van der Waals surface area (Å²) in [4.78, 5) is 20.8. The van der Waals surface area contributed by atoms with Crippen molar-refractivity contribution in [2.75, 3.05) is 13.9 Å². The molecule has 0 aliphatic rings. The van der Waals surface area contributed by atoms with Crippen LogP contribution in [0.25, 0.3) is 0 Å². The SMILES string of the molecule is C.C.C.C.C.C.C.C.COCOC(=O)CC(C)=O. The van der Waals surface area contributed by atoms with E-state index in [9.17, 15) is 9.59 Å². The van der Waals surface area contributed by atoms with Gasteiger partial charge in [-0.1, -0.05) is 59.4 Å². The van der Waals surface area contributed by atoms with E-state index in [1.54, 1.807) is 0 Å². The molecule has 0 saturated carbocycles. The topological polar surface area (TPSA) is 52.6 Å². The maximum Gasteiger partial charge on any atom is 0.315 e. The van der Waals surface area contributed by atoms with E-state index < -0.39 is 5.97 Å². The number of hydrogen-bond donors (Lipinski definition) is 0. The highest BCUT2D eigenvalue weighted by atomic mass is 16.7. The van der Waals surface area contributed by atoms with Gasteiger partial charge in [-0.3, -0.25) is 9.59 Å². The normalized spacial score (nSPS) is 5.00. The number of carbonyl (C=O) groups is 2. The Morgan fingerprint density at radius 3 is 1.39 bits per heavy atom. The van der Waals surface area contributed by atoms with E-state index in [1.165, 1.54) is 14.0 Å². The number of methoxy groups -OCH3 is 1. The van der Waals surface area contributed by atoms with Crippen molar-refractivity contribution in [1.82, 2.24) is 0 Å². The van der Waals surface area contributed by atoms with Gasteiger partial charge < -0.3 is 9.47 Å². The zero-order chi connectivity index (χ0) is 7.98. The van der Waals surface area contributed by atoms with Gasteiger partial charge in [-0.15, -0.1) is 0 Å². The second kappa shape index (κ2) is 44.3. The zero-order valence-corrected chi connectivity index (χ0v) is 6.05. The molecule has 0 aromatic carbocycles. The summed E-state index contributed by atoms with van der Waals surface area (Å²) in [5.74, 6) is -0.754. The first kappa shape index (κ1) is 67.6. The Labute approximate surface area is 118 Å². The Hall–Kier alpha value is -0.900. The molecule has 0 heterocycles. The van der Waals surface area contributed by atoms with Crippen molar-refractivity contribution < 1.29 is 19.1 Å². The molecule has 4 heteroatoms. The van der Waals surface area contributed by atoms with Crippen molar-refractivity contribution >= 4 is 11.8 Å². The zero-order valence-electron chi connectivity index (χ0n) is 6.05. The fourth-order valence-electron chi connectivity index (χ4n) is 0.379. The molecule has 0 fully saturated rings. The molecule has 0 unspecified atom stereocenters. The van der Waals surface area contributed by atoms with Gasteiger partial charge in [0.05, 0.1) is 0 Å². The lowest BCUT2D eigenvalue weighted by atomic mass is 10.3. The average molecular weight is 274 g/mol. The predicted octanol–water partition coefficient (Wildman–Crippen LogP) is 5.20. The second-order valence-electron chi connectivity index (χ2n) is 1.80. The molecule has 0 aliphatic carbocycles. The van der Waals surface area contributed by atoms with Gasteiger partial charge in [-0.25, -0.2) is 0 Å². The van der Waals surface area contributed by atoms with Crippen LogP contribution in [-0.4, -0.2) is 25.7 Å². The van der Waals surface area contributed by atoms with Crippen LogP contribution in [0.2, 0.25) is 0 Å². The van der Waals surface area contributed by atoms with Crippen molar-refractivity contribution in [3.05, 3.63) is 0 Å². The van der Waals surface area contributed by atoms with E-state index in [-0.39, 0.29) is 78.4 Å². The van der Waals surface area contributed by atoms with Crippen molar-refractivity contribution in [2.45, 2.75) is 72.8 Å². The Bertz CT molecular complexity index is 134. The molecule has 0 radical (unpaired) electrons. The summed E-state index contributed by atoms with van der Waals surface area (Å²) in [6.45, 7) is 1.24. The number of hydrogen-bond acceptors (Lipinski definition) is 4. The molecule has 0 aromatic rings. The minimum Gasteiger partial charge on any atom is -0.438 e. The fourth-order valence-corrected chi connectivity index (χ4v) is 0.379. The van der Waals surface area contributed by atoms with E-state index >= 15 is 0 Å². The summed E-state index contributed by atoms with van der Waals surface area (Å²) in [7, 11) is 1.40. The Morgan fingerprint density at radius 2 is 1.17 bits per heavy atom. The van der Waals surface area contributed by atoms with Crippen LogP contribution in [-0.2, 0) is 19.1 Å². The maximum absolute atomic E-state index is 10.5. The number of Topliss-reactive ketones (excluding diaryl/α,β-unsaturated/α-hetero) is 1. The highest BCUT2D eigenvalue weighted by Gasteiger charge is 2.04. The summed E-state index contributed by atoms with van der Waals surface area (Å²) >= 11 is 0. The van der Waals surface area contributed by atoms with Crippen LogP contribution in [0.4, 0.5) is 0 Å². The summed E-state index contributed by atoms with van der Waals surface area (Å²) < 4.78 is 8.86. The lowest BCUT2D eigenvalue weighted by Gasteiger charge is -1.99. The number of ether oxygens (including phenoxy) is 2. The number of esters is 1. The molecule has 0 bridgehead atoms. The van der Waals surface area contributed by atoms with Gasteiger partial charge in [0.1, 0.15) is 12.2 Å². The smallest absolute Gasteiger partial charge is 0.315 e. The largest absolute Gasteiger partial charge is 0.438 e. The predicted molar refractivity (Wildman–Crippen MR) is 87.1 cm³/mol. The lowest BCUT2D eigenvalue weighted by molar-refractivity contribution is -0.155. The molecule has 0 N–H and O–H groups in total. The molecule has 18 heavy (non-hydrogen) atoms. The van der Waals surface area contributed by atoms with Crippen LogP contribution >= 0.6 is 0 Å². The van der Waals surface area contributed by atoms with Gasteiger partial charge in [0.2, 0.25) is 0 Å². The third-order valence-electron chi connectivity index (χ3n) is 0.731. The van der Waals surface area contributed by atoms with Gasteiger partial charge in [0.15, 0.2) is 6.79 Å². The molecule has 4 nitrogen and oxygen atoms in total. The first-order valence-electron chi connectivity index (χ1n) is 2.81. The van der Waals surface area contributed by atoms with Crippen LogP contribution in [0.5, 0.6) is 0 Å². The summed E-state index contributed by atoms with van der Waals surface area (Å²) in [5, 5.41) is 0. The standard InChI is InChI=1S/C6H10O4.8CH4/c1-5(7)3-6(8)10-4-9-2;;;;;;;;/h3-4H2,1-2H3;8*1H4. The molecular weight excluding hydrogens is 232 g/mol. The van der Waals surface area contributed by atoms with E-state index in [1.807, 2.05) is 0 Å². The summed E-state index contributed by atoms with van der Waals surface area (Å²) in [6.07, 6.45) is -0.177. The van der Waals surface area contributed by atoms with E-state index in [4.69, 9.17) is 0 Å². The Kier molecular flexibility index (Phi) is 166. The molecule has 0 rings (SSSR count). The van der Waals surface area contributed by atoms with Gasteiger partial charge in [-0.05, 0) is 6.92 Å². The van der Waals surface area contributed by atoms with Crippen LogP contribution in [0, 0.1) is 0 Å². The molecule has 0 spiro atoms. The molecule has 0 aliphatic heterocycles. The highest BCUT2D eigenvalue weighted by molar-refractivity contribution is 5.94. The van der Waals surface area contributed by atoms with Crippen LogP contribution in [0.1, 0.15) is 72.8 Å². The second-order valence-corrected chi connectivity index (χ2v) is 1.80. The van der Waals surface area contributed by atoms with Crippen molar-refractivity contribution in [3.8, 4) is 0 Å². The monoisotopic (exact) mass is 274 g/mol. The highest BCUT2D eigenvalue weighted by Crippen LogP contribution is 1.86. The van der Waals surface area contributed by atoms with Gasteiger partial charge in [0.25, 0.3) is 0 Å². The third-order valence-corrected chi connectivity index (χ3v) is 0.731. The van der Waals surface area contributed by atoms with Crippen molar-refractivity contribution in [2.24, 2.45) is 0 Å². The van der Waals surface area contributed by atoms with Crippen molar-refractivity contribution in [3.63, 3.8) is 0 Å². The van der Waals surface area contributed by atoms with E-state index in [2.05, 4.69) is 9.47 Å². The minimum absolute atomic E-state index is 0. The van der Waals surface area contributed by atoms with E-state index in [0.717, 1.165) is 0 Å². The molecule has 0 aromatic heterocycles. The molecule has 0 amide bonds. The first-order valence-corrected chi connectivity index (χ1v) is 2.81. The van der Waals surface area contributed by atoms with Crippen LogP contribution < -0.4 is 0 Å². The van der Waals surface area contributed by atoms with Crippen LogP contribution in [0.15, 0.2) is 0 Å². The molecule has 122 valence electrons. The Morgan fingerprint density at radius 1 is 0.833 bits per heavy atom. The minimum atomic E-state index is -0.547. The van der Waals surface area contributed by atoms with Gasteiger partial charge >= 0.3 is 5.97 Å². The Balaban J connectivity index is -0.0000000145. The average Bonchev–Trinajstić information content (AvgIpc) is 1.82.